The van der Waals surface area contributed by atoms with Gasteiger partial charge in [-0.3, -0.25) is 4.79 Å². The number of ether oxygens (including phenoxy) is 2. The number of hydrogen-bond donors (Lipinski definition) is 1. The first kappa shape index (κ1) is 18.2. The third-order valence-corrected chi connectivity index (χ3v) is 6.20. The van der Waals surface area contributed by atoms with Crippen molar-refractivity contribution < 1.29 is 23.7 Å². The molecule has 7 nitrogen and oxygen atoms in total. The van der Waals surface area contributed by atoms with Crippen LogP contribution in [0.4, 0.5) is 0 Å². The van der Waals surface area contributed by atoms with E-state index in [1.165, 1.54) is 4.90 Å². The average Bonchev–Trinajstić information content (AvgIpc) is 3.45. The molecule has 1 amide bonds. The van der Waals surface area contributed by atoms with Crippen molar-refractivity contribution in [1.82, 2.24) is 10.1 Å². The van der Waals surface area contributed by atoms with Crippen LogP contribution in [-0.4, -0.2) is 54.9 Å². The van der Waals surface area contributed by atoms with Crippen LogP contribution < -0.4 is 14.4 Å². The van der Waals surface area contributed by atoms with Crippen LogP contribution in [0.1, 0.15) is 5.69 Å². The molecule has 0 aliphatic carbocycles. The monoisotopic (exact) mass is 412 g/mol. The molecule has 1 saturated heterocycles. The third kappa shape index (κ3) is 3.86. The summed E-state index contributed by atoms with van der Waals surface area (Å²) in [6.45, 7) is 4.20. The highest BCUT2D eigenvalue weighted by Gasteiger charge is 2.33. The van der Waals surface area contributed by atoms with Crippen molar-refractivity contribution in [2.45, 2.75) is 12.6 Å². The lowest BCUT2D eigenvalue weighted by atomic mass is 10.2. The predicted octanol–water partition coefficient (Wildman–Crippen LogP) is 1.47. The van der Waals surface area contributed by atoms with E-state index in [-0.39, 0.29) is 12.5 Å². The van der Waals surface area contributed by atoms with Crippen molar-refractivity contribution in [2.24, 2.45) is 0 Å². The van der Waals surface area contributed by atoms with Crippen LogP contribution in [0.2, 0.25) is 0 Å². The Morgan fingerprint density at radius 1 is 1.17 bits per heavy atom. The molecule has 0 unspecified atom stereocenters. The molecule has 0 spiro atoms. The normalized spacial score (nSPS) is 19.3. The smallest absolute Gasteiger partial charge is 0.267 e. The number of nitrogens with zero attached hydrogens (tertiary/aromatic N) is 2. The van der Waals surface area contributed by atoms with E-state index in [0.717, 1.165) is 36.0 Å². The van der Waals surface area contributed by atoms with Crippen molar-refractivity contribution in [3.8, 4) is 22.1 Å². The maximum atomic E-state index is 12.8. The van der Waals surface area contributed by atoms with E-state index in [0.29, 0.717) is 24.6 Å². The van der Waals surface area contributed by atoms with Gasteiger partial charge in [0.05, 0.1) is 31.1 Å². The predicted molar refractivity (Wildman–Crippen MR) is 107 cm³/mol. The zero-order chi connectivity index (χ0) is 19.6. The van der Waals surface area contributed by atoms with E-state index < -0.39 is 6.10 Å². The Balaban J connectivity index is 1.14. The second-order valence-electron chi connectivity index (χ2n) is 7.28. The molecular formula is C21H22N3O4S+. The van der Waals surface area contributed by atoms with E-state index in [2.05, 4.69) is 5.16 Å². The highest BCUT2D eigenvalue weighted by Crippen LogP contribution is 2.31. The Bertz CT molecular complexity index is 979. The Labute approximate surface area is 172 Å². The van der Waals surface area contributed by atoms with Gasteiger partial charge in [-0.1, -0.05) is 23.4 Å². The van der Waals surface area contributed by atoms with Crippen LogP contribution in [0.15, 0.2) is 52.4 Å². The van der Waals surface area contributed by atoms with Gasteiger partial charge in [-0.25, -0.2) is 0 Å². The number of hydrogen-bond acceptors (Lipinski definition) is 6. The Hall–Kier alpha value is -2.84. The number of piperazine rings is 1. The summed E-state index contributed by atoms with van der Waals surface area (Å²) in [6.07, 6.45) is -0.574. The van der Waals surface area contributed by atoms with Crippen molar-refractivity contribution in [1.29, 1.82) is 0 Å². The van der Waals surface area contributed by atoms with Gasteiger partial charge in [-0.2, -0.15) is 0 Å². The summed E-state index contributed by atoms with van der Waals surface area (Å²) in [5.74, 6) is 2.15. The van der Waals surface area contributed by atoms with Gasteiger partial charge in [0.1, 0.15) is 18.8 Å². The summed E-state index contributed by atoms with van der Waals surface area (Å²) in [5.41, 5.74) is 0.948. The van der Waals surface area contributed by atoms with E-state index in [9.17, 15) is 4.79 Å². The summed E-state index contributed by atoms with van der Waals surface area (Å²) in [4.78, 5) is 17.2. The number of thiophene rings is 1. The molecule has 3 aromatic rings. The van der Waals surface area contributed by atoms with E-state index >= 15 is 0 Å². The fraction of sp³-hybridized carbons (Fsp3) is 0.333. The fourth-order valence-corrected chi connectivity index (χ4v) is 4.42. The van der Waals surface area contributed by atoms with Gasteiger partial charge in [0, 0.05) is 6.07 Å². The van der Waals surface area contributed by atoms with E-state index in [4.69, 9.17) is 14.0 Å². The zero-order valence-electron chi connectivity index (χ0n) is 15.9. The molecule has 1 fully saturated rings. The van der Waals surface area contributed by atoms with Gasteiger partial charge in [-0.15, -0.1) is 11.3 Å². The van der Waals surface area contributed by atoms with Gasteiger partial charge in [0.15, 0.2) is 17.3 Å². The average molecular weight is 412 g/mol. The highest BCUT2D eigenvalue weighted by atomic mass is 32.1. The standard InChI is InChI=1S/C21H21N3O4S/c25-21(19-14-26-16-4-1-2-5-17(16)27-19)24-9-7-23(8-10-24)13-15-12-18(28-22-15)20-6-3-11-29-20/h1-6,11-12,19H,7-10,13-14H2/p+1/t19-/m1/s1. The number of amides is 1. The van der Waals surface area contributed by atoms with Crippen LogP contribution in [0.3, 0.4) is 0 Å². The molecule has 4 heterocycles. The van der Waals surface area contributed by atoms with Gasteiger partial charge in [0.25, 0.3) is 5.91 Å². The minimum atomic E-state index is -0.574. The maximum Gasteiger partial charge on any atom is 0.267 e. The Morgan fingerprint density at radius 2 is 2.00 bits per heavy atom. The molecular weight excluding hydrogens is 390 g/mol. The van der Waals surface area contributed by atoms with Gasteiger partial charge >= 0.3 is 0 Å². The second-order valence-corrected chi connectivity index (χ2v) is 8.22. The topological polar surface area (TPSA) is 69.2 Å². The van der Waals surface area contributed by atoms with Crippen molar-refractivity contribution in [2.75, 3.05) is 32.8 Å². The number of nitrogens with one attached hydrogen (secondary N) is 1. The Kier molecular flexibility index (Phi) is 4.95. The number of benzene rings is 1. The SMILES string of the molecule is O=C([C@H]1COc2ccccc2O1)N1CC[NH+](Cc2cc(-c3cccs3)on2)CC1. The van der Waals surface area contributed by atoms with Crippen LogP contribution in [-0.2, 0) is 11.3 Å². The van der Waals surface area contributed by atoms with E-state index in [1.54, 1.807) is 11.3 Å². The maximum absolute atomic E-state index is 12.8. The first-order valence-electron chi connectivity index (χ1n) is 9.76. The number of aromatic nitrogens is 1. The second kappa shape index (κ2) is 7.88. The first-order chi connectivity index (χ1) is 14.3. The summed E-state index contributed by atoms with van der Waals surface area (Å²) in [7, 11) is 0. The zero-order valence-corrected chi connectivity index (χ0v) is 16.7. The first-order valence-corrected chi connectivity index (χ1v) is 10.6. The summed E-state index contributed by atoms with van der Waals surface area (Å²) >= 11 is 1.64. The van der Waals surface area contributed by atoms with E-state index in [1.807, 2.05) is 52.7 Å². The number of rotatable bonds is 4. The fourth-order valence-electron chi connectivity index (χ4n) is 3.75. The molecule has 2 aliphatic heterocycles. The van der Waals surface area contributed by atoms with Gasteiger partial charge < -0.3 is 23.8 Å². The van der Waals surface area contributed by atoms with Gasteiger partial charge in [0.2, 0.25) is 6.10 Å². The third-order valence-electron chi connectivity index (χ3n) is 5.32. The molecule has 5 rings (SSSR count). The molecule has 8 heteroatoms. The number of quaternary nitrogens is 1. The van der Waals surface area contributed by atoms with Gasteiger partial charge in [-0.05, 0) is 23.6 Å². The summed E-state index contributed by atoms with van der Waals surface area (Å²) in [5, 5.41) is 6.24. The summed E-state index contributed by atoms with van der Waals surface area (Å²) in [6, 6.07) is 13.5. The number of carbonyl (C=O) groups excluding carboxylic acids is 1. The van der Waals surface area contributed by atoms with Crippen molar-refractivity contribution >= 4 is 17.2 Å². The van der Waals surface area contributed by atoms with Crippen LogP contribution in [0.5, 0.6) is 11.5 Å². The van der Waals surface area contributed by atoms with Crippen LogP contribution >= 0.6 is 11.3 Å². The minimum Gasteiger partial charge on any atom is -0.485 e. The molecule has 0 saturated carbocycles. The van der Waals surface area contributed by atoms with Crippen LogP contribution in [0, 0.1) is 0 Å². The lowest BCUT2D eigenvalue weighted by Crippen LogP contribution is -3.13. The number of para-hydroxylation sites is 2. The minimum absolute atomic E-state index is 0.0000270. The molecule has 2 aromatic heterocycles. The molecule has 150 valence electrons. The quantitative estimate of drug-likeness (QED) is 0.703. The lowest BCUT2D eigenvalue weighted by molar-refractivity contribution is -0.918. The molecule has 2 aliphatic rings. The highest BCUT2D eigenvalue weighted by molar-refractivity contribution is 7.13. The summed E-state index contributed by atoms with van der Waals surface area (Å²) < 4.78 is 17.0. The molecule has 1 atom stereocenters. The molecule has 29 heavy (non-hydrogen) atoms. The Morgan fingerprint density at radius 3 is 2.79 bits per heavy atom. The largest absolute Gasteiger partial charge is 0.485 e. The van der Waals surface area contributed by atoms with Crippen molar-refractivity contribution in [3.05, 3.63) is 53.5 Å². The molecule has 1 N–H and O–H groups in total. The number of carbonyl (C=O) groups is 1. The molecule has 1 aromatic carbocycles. The molecule has 0 bridgehead atoms. The van der Waals surface area contributed by atoms with Crippen LogP contribution in [0.25, 0.3) is 10.6 Å². The molecule has 0 radical (unpaired) electrons. The lowest BCUT2D eigenvalue weighted by Gasteiger charge is -2.35. The van der Waals surface area contributed by atoms with Crippen molar-refractivity contribution in [3.63, 3.8) is 0 Å². The number of fused-ring (bicyclic) bond motifs is 1.